The Morgan fingerprint density at radius 2 is 1.96 bits per heavy atom. The smallest absolute Gasteiger partial charge is 0.220 e. The molecule has 4 rings (SSSR count). The first-order valence-electron chi connectivity index (χ1n) is 8.95. The molecule has 0 radical (unpaired) electrons. The Kier molecular flexibility index (Phi) is 5.34. The molecule has 0 spiro atoms. The van der Waals surface area contributed by atoms with Gasteiger partial charge in [0.05, 0.1) is 11.2 Å². The Morgan fingerprint density at radius 3 is 2.86 bits per heavy atom. The first-order chi connectivity index (χ1) is 13.7. The minimum Gasteiger partial charge on any atom is -0.441 e. The summed E-state index contributed by atoms with van der Waals surface area (Å²) in [5.41, 5.74) is 1.58. The van der Waals surface area contributed by atoms with E-state index >= 15 is 0 Å². The Balaban J connectivity index is 1.26. The van der Waals surface area contributed by atoms with E-state index in [1.807, 2.05) is 47.0 Å². The molecule has 142 valence electrons. The molecule has 7 nitrogen and oxygen atoms in total. The first-order valence-corrected chi connectivity index (χ1v) is 9.33. The van der Waals surface area contributed by atoms with Crippen molar-refractivity contribution in [1.82, 2.24) is 24.9 Å². The Bertz CT molecular complexity index is 1100. The molecule has 0 saturated heterocycles. The maximum Gasteiger partial charge on any atom is 0.220 e. The van der Waals surface area contributed by atoms with Crippen LogP contribution in [-0.4, -0.2) is 32.0 Å². The third-order valence-electron chi connectivity index (χ3n) is 4.31. The molecule has 0 saturated carbocycles. The first kappa shape index (κ1) is 18.2. The molecular formula is C20H18ClN5O2. The molecule has 0 atom stereocenters. The van der Waals surface area contributed by atoms with Gasteiger partial charge in [0.25, 0.3) is 0 Å². The molecular weight excluding hydrogens is 378 g/mol. The van der Waals surface area contributed by atoms with E-state index in [4.69, 9.17) is 16.0 Å². The highest BCUT2D eigenvalue weighted by molar-refractivity contribution is 6.33. The summed E-state index contributed by atoms with van der Waals surface area (Å²) in [5.74, 6) is 1.85. The quantitative estimate of drug-likeness (QED) is 0.518. The molecule has 4 aromatic rings. The van der Waals surface area contributed by atoms with Crippen molar-refractivity contribution in [2.24, 2.45) is 0 Å². The summed E-state index contributed by atoms with van der Waals surface area (Å²) in [7, 11) is 0. The molecule has 1 N–H and O–H groups in total. The van der Waals surface area contributed by atoms with Crippen LogP contribution in [-0.2, 0) is 17.6 Å². The van der Waals surface area contributed by atoms with Gasteiger partial charge in [0.1, 0.15) is 5.82 Å². The SMILES string of the molecule is O=C(CCc1ncc(-c2ccccc2Cl)o1)NCCc1nnc2ccccn12. The van der Waals surface area contributed by atoms with Crippen LogP contribution in [0.1, 0.15) is 18.1 Å². The van der Waals surface area contributed by atoms with Crippen molar-refractivity contribution in [2.45, 2.75) is 19.3 Å². The van der Waals surface area contributed by atoms with E-state index in [0.717, 1.165) is 17.0 Å². The largest absolute Gasteiger partial charge is 0.441 e. The Labute approximate surface area is 166 Å². The van der Waals surface area contributed by atoms with E-state index in [0.29, 0.717) is 42.5 Å². The minimum atomic E-state index is -0.0636. The van der Waals surface area contributed by atoms with Gasteiger partial charge in [-0.1, -0.05) is 29.8 Å². The van der Waals surface area contributed by atoms with Gasteiger partial charge in [-0.05, 0) is 24.3 Å². The van der Waals surface area contributed by atoms with Crippen molar-refractivity contribution >= 4 is 23.2 Å². The van der Waals surface area contributed by atoms with Gasteiger partial charge in [-0.25, -0.2) is 4.98 Å². The highest BCUT2D eigenvalue weighted by atomic mass is 35.5. The zero-order valence-electron chi connectivity index (χ0n) is 15.0. The molecule has 0 fully saturated rings. The van der Waals surface area contributed by atoms with Gasteiger partial charge in [0.15, 0.2) is 17.3 Å². The lowest BCUT2D eigenvalue weighted by atomic mass is 10.2. The summed E-state index contributed by atoms with van der Waals surface area (Å²) in [6, 6.07) is 13.1. The van der Waals surface area contributed by atoms with Crippen molar-refractivity contribution < 1.29 is 9.21 Å². The molecule has 0 aliphatic carbocycles. The molecule has 0 bridgehead atoms. The number of carbonyl (C=O) groups is 1. The molecule has 1 amide bonds. The fraction of sp³-hybridized carbons (Fsp3) is 0.200. The van der Waals surface area contributed by atoms with Gasteiger partial charge >= 0.3 is 0 Å². The van der Waals surface area contributed by atoms with E-state index in [1.54, 1.807) is 12.3 Å². The van der Waals surface area contributed by atoms with Crippen molar-refractivity contribution in [3.05, 3.63) is 71.6 Å². The van der Waals surface area contributed by atoms with Crippen LogP contribution >= 0.6 is 11.6 Å². The molecule has 0 aliphatic rings. The number of hydrogen-bond donors (Lipinski definition) is 1. The fourth-order valence-corrected chi connectivity index (χ4v) is 3.12. The molecule has 28 heavy (non-hydrogen) atoms. The van der Waals surface area contributed by atoms with Gasteiger partial charge < -0.3 is 9.73 Å². The lowest BCUT2D eigenvalue weighted by molar-refractivity contribution is -0.121. The predicted molar refractivity (Wildman–Crippen MR) is 105 cm³/mol. The van der Waals surface area contributed by atoms with E-state index in [2.05, 4.69) is 20.5 Å². The number of nitrogens with one attached hydrogen (secondary N) is 1. The number of hydrogen-bond acceptors (Lipinski definition) is 5. The molecule has 0 unspecified atom stereocenters. The maximum atomic E-state index is 12.1. The Hall–Kier alpha value is -3.19. The molecule has 1 aromatic carbocycles. The monoisotopic (exact) mass is 395 g/mol. The number of oxazole rings is 1. The summed E-state index contributed by atoms with van der Waals surface area (Å²) >= 11 is 6.17. The molecule has 8 heteroatoms. The molecule has 0 aliphatic heterocycles. The van der Waals surface area contributed by atoms with Crippen LogP contribution in [0.3, 0.4) is 0 Å². The van der Waals surface area contributed by atoms with Crippen LogP contribution in [0.25, 0.3) is 17.0 Å². The van der Waals surface area contributed by atoms with Crippen molar-refractivity contribution in [1.29, 1.82) is 0 Å². The lowest BCUT2D eigenvalue weighted by Gasteiger charge is -2.04. The van der Waals surface area contributed by atoms with Crippen LogP contribution in [0.2, 0.25) is 5.02 Å². The average Bonchev–Trinajstić information content (AvgIpc) is 3.34. The zero-order chi connectivity index (χ0) is 19.3. The van der Waals surface area contributed by atoms with Gasteiger partial charge in [-0.2, -0.15) is 0 Å². The summed E-state index contributed by atoms with van der Waals surface area (Å²) in [5, 5.41) is 11.7. The van der Waals surface area contributed by atoms with Gasteiger partial charge in [0, 0.05) is 37.6 Å². The van der Waals surface area contributed by atoms with Crippen molar-refractivity contribution in [3.63, 3.8) is 0 Å². The predicted octanol–water partition coefficient (Wildman–Crippen LogP) is 3.33. The van der Waals surface area contributed by atoms with E-state index in [1.165, 1.54) is 0 Å². The third kappa shape index (κ3) is 4.04. The topological polar surface area (TPSA) is 85.3 Å². The number of pyridine rings is 1. The normalized spacial score (nSPS) is 11.0. The number of carbonyl (C=O) groups excluding carboxylic acids is 1. The standard InChI is InChI=1S/C20H18ClN5O2/c21-15-6-2-1-5-14(15)16-13-23-20(28-16)9-8-19(27)22-11-10-18-25-24-17-7-3-4-12-26(17)18/h1-7,12-13H,8-11H2,(H,22,27). The van der Waals surface area contributed by atoms with Gasteiger partial charge in [-0.15, -0.1) is 10.2 Å². The number of benzene rings is 1. The fourth-order valence-electron chi connectivity index (χ4n) is 2.90. The number of halogens is 1. The minimum absolute atomic E-state index is 0.0636. The van der Waals surface area contributed by atoms with Gasteiger partial charge in [0.2, 0.25) is 5.91 Å². The Morgan fingerprint density at radius 1 is 1.11 bits per heavy atom. The van der Waals surface area contributed by atoms with Crippen LogP contribution in [0.5, 0.6) is 0 Å². The van der Waals surface area contributed by atoms with Gasteiger partial charge in [-0.3, -0.25) is 9.20 Å². The average molecular weight is 396 g/mol. The summed E-state index contributed by atoms with van der Waals surface area (Å²) in [4.78, 5) is 16.3. The second-order valence-corrected chi connectivity index (χ2v) is 6.65. The molecule has 3 heterocycles. The van der Waals surface area contributed by atoms with E-state index < -0.39 is 0 Å². The third-order valence-corrected chi connectivity index (χ3v) is 4.64. The van der Waals surface area contributed by atoms with E-state index in [-0.39, 0.29) is 5.91 Å². The molecule has 3 aromatic heterocycles. The number of aromatic nitrogens is 4. The lowest BCUT2D eigenvalue weighted by Crippen LogP contribution is -2.26. The second-order valence-electron chi connectivity index (χ2n) is 6.24. The summed E-state index contributed by atoms with van der Waals surface area (Å²) in [6.07, 6.45) is 4.86. The number of nitrogens with zero attached hydrogens (tertiary/aromatic N) is 4. The van der Waals surface area contributed by atoms with E-state index in [9.17, 15) is 4.79 Å². The van der Waals surface area contributed by atoms with Crippen LogP contribution in [0.4, 0.5) is 0 Å². The van der Waals surface area contributed by atoms with Crippen molar-refractivity contribution in [3.8, 4) is 11.3 Å². The van der Waals surface area contributed by atoms with Crippen LogP contribution in [0, 0.1) is 0 Å². The van der Waals surface area contributed by atoms with Crippen LogP contribution < -0.4 is 5.32 Å². The van der Waals surface area contributed by atoms with Crippen LogP contribution in [0.15, 0.2) is 59.3 Å². The summed E-state index contributed by atoms with van der Waals surface area (Å²) < 4.78 is 7.63. The number of amides is 1. The highest BCUT2D eigenvalue weighted by Gasteiger charge is 2.11. The number of rotatable bonds is 7. The number of aryl methyl sites for hydroxylation is 1. The van der Waals surface area contributed by atoms with Crippen molar-refractivity contribution in [2.75, 3.05) is 6.54 Å². The highest BCUT2D eigenvalue weighted by Crippen LogP contribution is 2.28. The maximum absolute atomic E-state index is 12.1. The number of fused-ring (bicyclic) bond motifs is 1. The summed E-state index contributed by atoms with van der Waals surface area (Å²) in [6.45, 7) is 0.491. The zero-order valence-corrected chi connectivity index (χ0v) is 15.8. The second kappa shape index (κ2) is 8.22.